The van der Waals surface area contributed by atoms with E-state index in [-0.39, 0.29) is 5.91 Å². The molecule has 0 heterocycles. The summed E-state index contributed by atoms with van der Waals surface area (Å²) in [5, 5.41) is 1.00. The van der Waals surface area contributed by atoms with Gasteiger partial charge in [0.25, 0.3) is 5.91 Å². The maximum absolute atomic E-state index is 10.5. The monoisotopic (exact) mass is 114 g/mol. The number of hydrogen-bond donors (Lipinski definition) is 1. The van der Waals surface area contributed by atoms with Gasteiger partial charge in [-0.15, -0.1) is 0 Å². The fraction of sp³-hybridized carbons (Fsp3) is 0.400. The zero-order chi connectivity index (χ0) is 6.73. The lowest BCUT2D eigenvalue weighted by Gasteiger charge is -2.07. The molecule has 0 bridgehead atoms. The number of amides is 1. The number of carbonyl (C=O) groups excluding carboxylic acids is 1. The van der Waals surface area contributed by atoms with Crippen molar-refractivity contribution in [1.29, 1.82) is 0 Å². The molecular formula is C5H10N2O. The number of carbonyl (C=O) groups is 1. The van der Waals surface area contributed by atoms with Crippen molar-refractivity contribution in [3.63, 3.8) is 0 Å². The molecule has 0 aliphatic carbocycles. The van der Waals surface area contributed by atoms with Gasteiger partial charge in [-0.2, -0.15) is 0 Å². The standard InChI is InChI=1S/C5H10N2O/c1-4(2)5(8)7(3)6/h1,6H2,2-3H3. The molecule has 0 saturated carbocycles. The molecule has 0 aliphatic heterocycles. The van der Waals surface area contributed by atoms with Crippen molar-refractivity contribution in [1.82, 2.24) is 5.01 Å². The molecule has 8 heavy (non-hydrogen) atoms. The van der Waals surface area contributed by atoms with E-state index in [1.165, 1.54) is 7.05 Å². The molecule has 0 unspecified atom stereocenters. The molecule has 0 aromatic carbocycles. The van der Waals surface area contributed by atoms with E-state index >= 15 is 0 Å². The SMILES string of the molecule is C=C(C)C(=O)N(C)N. The molecule has 46 valence electrons. The molecule has 0 spiro atoms. The molecule has 2 N–H and O–H groups in total. The Morgan fingerprint density at radius 2 is 2.12 bits per heavy atom. The maximum atomic E-state index is 10.5. The summed E-state index contributed by atoms with van der Waals surface area (Å²) in [4.78, 5) is 10.5. The van der Waals surface area contributed by atoms with E-state index in [0.717, 1.165) is 5.01 Å². The number of likely N-dealkylation sites (N-methyl/N-ethyl adjacent to an activating group) is 1. The zero-order valence-corrected chi connectivity index (χ0v) is 5.14. The van der Waals surface area contributed by atoms with Crippen LogP contribution in [-0.2, 0) is 4.79 Å². The van der Waals surface area contributed by atoms with Crippen molar-refractivity contribution >= 4 is 5.91 Å². The predicted molar refractivity (Wildman–Crippen MR) is 31.8 cm³/mol. The fourth-order valence-corrected chi connectivity index (χ4v) is 0.301. The molecule has 0 aromatic heterocycles. The van der Waals surface area contributed by atoms with Crippen molar-refractivity contribution in [2.45, 2.75) is 6.92 Å². The first kappa shape index (κ1) is 7.17. The molecule has 0 aliphatic rings. The van der Waals surface area contributed by atoms with Gasteiger partial charge in [-0.05, 0) is 6.92 Å². The summed E-state index contributed by atoms with van der Waals surface area (Å²) in [7, 11) is 1.48. The van der Waals surface area contributed by atoms with Gasteiger partial charge in [-0.3, -0.25) is 9.80 Å². The summed E-state index contributed by atoms with van der Waals surface area (Å²) < 4.78 is 0. The third-order valence-corrected chi connectivity index (χ3v) is 0.685. The van der Waals surface area contributed by atoms with Crippen LogP contribution in [0.1, 0.15) is 6.92 Å². The topological polar surface area (TPSA) is 46.3 Å². The summed E-state index contributed by atoms with van der Waals surface area (Å²) in [6.45, 7) is 5.02. The largest absolute Gasteiger partial charge is 0.280 e. The first-order valence-electron chi connectivity index (χ1n) is 2.24. The second-order valence-electron chi connectivity index (χ2n) is 1.70. The average molecular weight is 114 g/mol. The van der Waals surface area contributed by atoms with Gasteiger partial charge in [0.2, 0.25) is 0 Å². The third kappa shape index (κ3) is 1.75. The molecule has 0 fully saturated rings. The van der Waals surface area contributed by atoms with E-state index in [2.05, 4.69) is 6.58 Å². The Morgan fingerprint density at radius 1 is 1.75 bits per heavy atom. The lowest BCUT2D eigenvalue weighted by atomic mass is 10.3. The van der Waals surface area contributed by atoms with Gasteiger partial charge in [0.1, 0.15) is 0 Å². The number of rotatable bonds is 1. The van der Waals surface area contributed by atoms with Crippen molar-refractivity contribution in [3.05, 3.63) is 12.2 Å². The van der Waals surface area contributed by atoms with E-state index in [1.807, 2.05) is 0 Å². The summed E-state index contributed by atoms with van der Waals surface area (Å²) in [6.07, 6.45) is 0. The Balaban J connectivity index is 3.84. The van der Waals surface area contributed by atoms with E-state index < -0.39 is 0 Å². The molecule has 0 atom stereocenters. The van der Waals surface area contributed by atoms with Gasteiger partial charge < -0.3 is 0 Å². The number of nitrogens with two attached hydrogens (primary N) is 1. The van der Waals surface area contributed by atoms with Crippen LogP contribution in [0.3, 0.4) is 0 Å². The third-order valence-electron chi connectivity index (χ3n) is 0.685. The Labute approximate surface area is 48.7 Å². The molecule has 0 rings (SSSR count). The smallest absolute Gasteiger partial charge is 0.262 e. The average Bonchev–Trinajstić information content (AvgIpc) is 1.64. The first-order valence-corrected chi connectivity index (χ1v) is 2.24. The van der Waals surface area contributed by atoms with E-state index in [1.54, 1.807) is 6.92 Å². The molecule has 1 amide bonds. The number of hydrogen-bond acceptors (Lipinski definition) is 2. The van der Waals surface area contributed by atoms with Crippen LogP contribution in [0.2, 0.25) is 0 Å². The highest BCUT2D eigenvalue weighted by Crippen LogP contribution is 1.88. The minimum Gasteiger partial charge on any atom is -0.280 e. The predicted octanol–water partition coefficient (Wildman–Crippen LogP) is -0.105. The van der Waals surface area contributed by atoms with Crippen LogP contribution in [-0.4, -0.2) is 18.0 Å². The highest BCUT2D eigenvalue weighted by molar-refractivity contribution is 5.91. The fourth-order valence-electron chi connectivity index (χ4n) is 0.301. The maximum Gasteiger partial charge on any atom is 0.262 e. The van der Waals surface area contributed by atoms with Crippen molar-refractivity contribution < 1.29 is 4.79 Å². The van der Waals surface area contributed by atoms with E-state index in [4.69, 9.17) is 5.84 Å². The van der Waals surface area contributed by atoms with Crippen molar-refractivity contribution in [2.75, 3.05) is 7.05 Å². The minimum atomic E-state index is -0.231. The molecular weight excluding hydrogens is 104 g/mol. The van der Waals surface area contributed by atoms with Gasteiger partial charge in [0, 0.05) is 12.6 Å². The summed E-state index contributed by atoms with van der Waals surface area (Å²) in [6, 6.07) is 0. The van der Waals surface area contributed by atoms with Gasteiger partial charge in [0.05, 0.1) is 0 Å². The van der Waals surface area contributed by atoms with Crippen LogP contribution in [0.25, 0.3) is 0 Å². The Hall–Kier alpha value is -0.830. The molecule has 0 radical (unpaired) electrons. The van der Waals surface area contributed by atoms with Gasteiger partial charge in [-0.25, -0.2) is 5.84 Å². The van der Waals surface area contributed by atoms with Crippen molar-refractivity contribution in [2.24, 2.45) is 5.84 Å². The first-order chi connectivity index (χ1) is 3.55. The number of hydrazine groups is 1. The Kier molecular flexibility index (Phi) is 2.21. The highest BCUT2D eigenvalue weighted by Gasteiger charge is 2.01. The van der Waals surface area contributed by atoms with Crippen LogP contribution in [0.15, 0.2) is 12.2 Å². The quantitative estimate of drug-likeness (QED) is 0.224. The second-order valence-corrected chi connectivity index (χ2v) is 1.70. The molecule has 0 saturated heterocycles. The Morgan fingerprint density at radius 3 is 2.12 bits per heavy atom. The molecule has 3 nitrogen and oxygen atoms in total. The van der Waals surface area contributed by atoms with Crippen LogP contribution < -0.4 is 5.84 Å². The zero-order valence-electron chi connectivity index (χ0n) is 5.14. The van der Waals surface area contributed by atoms with Gasteiger partial charge >= 0.3 is 0 Å². The molecule has 3 heteroatoms. The van der Waals surface area contributed by atoms with Crippen LogP contribution in [0.5, 0.6) is 0 Å². The van der Waals surface area contributed by atoms with Crippen LogP contribution >= 0.6 is 0 Å². The molecule has 0 aromatic rings. The Bertz CT molecular complexity index is 118. The van der Waals surface area contributed by atoms with Crippen molar-refractivity contribution in [3.8, 4) is 0 Å². The minimum absolute atomic E-state index is 0.231. The van der Waals surface area contributed by atoms with E-state index in [0.29, 0.717) is 5.57 Å². The van der Waals surface area contributed by atoms with E-state index in [9.17, 15) is 4.79 Å². The van der Waals surface area contributed by atoms with Crippen LogP contribution in [0.4, 0.5) is 0 Å². The van der Waals surface area contributed by atoms with Gasteiger partial charge in [-0.1, -0.05) is 6.58 Å². The lowest BCUT2D eigenvalue weighted by molar-refractivity contribution is -0.126. The second kappa shape index (κ2) is 2.47. The van der Waals surface area contributed by atoms with Crippen LogP contribution in [0, 0.1) is 0 Å². The highest BCUT2D eigenvalue weighted by atomic mass is 16.2. The summed E-state index contributed by atoms with van der Waals surface area (Å²) in [5.74, 6) is 4.83. The summed E-state index contributed by atoms with van der Waals surface area (Å²) in [5.41, 5.74) is 0.454. The number of nitrogens with zero attached hydrogens (tertiary/aromatic N) is 1. The lowest BCUT2D eigenvalue weighted by Crippen LogP contribution is -2.33. The summed E-state index contributed by atoms with van der Waals surface area (Å²) >= 11 is 0. The van der Waals surface area contributed by atoms with Gasteiger partial charge in [0.15, 0.2) is 0 Å². The normalized spacial score (nSPS) is 8.38.